The van der Waals surface area contributed by atoms with Crippen LogP contribution in [0.5, 0.6) is 0 Å². The molecule has 1 aromatic heterocycles. The molecule has 1 nitrogen and oxygen atoms in total. The number of thiophene rings is 1. The van der Waals surface area contributed by atoms with E-state index in [0.29, 0.717) is 6.04 Å². The normalized spacial score (nSPS) is 12.5. The van der Waals surface area contributed by atoms with E-state index in [1.54, 1.807) is 0 Å². The molecule has 0 saturated heterocycles. The van der Waals surface area contributed by atoms with Crippen LogP contribution in [0.3, 0.4) is 0 Å². The average Bonchev–Trinajstić information content (AvgIpc) is 2.95. The molecule has 4 heteroatoms. The lowest BCUT2D eigenvalue weighted by molar-refractivity contribution is 0.539. The summed E-state index contributed by atoms with van der Waals surface area (Å²) in [7, 11) is 0. The van der Waals surface area contributed by atoms with Crippen LogP contribution in [0, 0.1) is 0 Å². The summed E-state index contributed by atoms with van der Waals surface area (Å²) >= 11 is 9.75. The summed E-state index contributed by atoms with van der Waals surface area (Å²) in [6.07, 6.45) is 2.34. The molecule has 1 aromatic carbocycles. The molecule has 1 unspecified atom stereocenters. The van der Waals surface area contributed by atoms with Gasteiger partial charge in [-0.3, -0.25) is 0 Å². The van der Waals surface area contributed by atoms with Gasteiger partial charge in [-0.25, -0.2) is 0 Å². The average molecular weight is 326 g/mol. The molecule has 0 amide bonds. The first-order valence-electron chi connectivity index (χ1n) is 6.92. The standard InChI is InChI=1S/C16H20ClNS2/c1-2-18-14(8-9-15-7-4-10-19-15)12-20-16-6-3-5-13(17)11-16/h3-7,10-11,14,18H,2,8-9,12H2,1H3. The van der Waals surface area contributed by atoms with Crippen LogP contribution in [-0.2, 0) is 6.42 Å². The van der Waals surface area contributed by atoms with Crippen LogP contribution in [0.2, 0.25) is 5.02 Å². The van der Waals surface area contributed by atoms with Gasteiger partial charge in [-0.1, -0.05) is 30.7 Å². The Kier molecular flexibility index (Phi) is 6.94. The highest BCUT2D eigenvalue weighted by Gasteiger charge is 2.09. The maximum Gasteiger partial charge on any atom is 0.0417 e. The lowest BCUT2D eigenvalue weighted by atomic mass is 10.1. The zero-order chi connectivity index (χ0) is 14.2. The quantitative estimate of drug-likeness (QED) is 0.677. The Labute approximate surface area is 134 Å². The lowest BCUT2D eigenvalue weighted by Crippen LogP contribution is -2.31. The first-order valence-corrected chi connectivity index (χ1v) is 9.16. The van der Waals surface area contributed by atoms with Gasteiger partial charge in [-0.15, -0.1) is 23.1 Å². The molecule has 0 aliphatic heterocycles. The molecule has 0 radical (unpaired) electrons. The number of halogens is 1. The zero-order valence-corrected chi connectivity index (χ0v) is 14.0. The fourth-order valence-corrected chi connectivity index (χ4v) is 4.10. The van der Waals surface area contributed by atoms with E-state index in [9.17, 15) is 0 Å². The second kappa shape index (κ2) is 8.73. The van der Waals surface area contributed by atoms with Crippen molar-refractivity contribution in [1.82, 2.24) is 5.32 Å². The van der Waals surface area contributed by atoms with Gasteiger partial charge in [-0.2, -0.15) is 0 Å². The molecule has 1 heterocycles. The van der Waals surface area contributed by atoms with Gasteiger partial charge in [0.2, 0.25) is 0 Å². The molecule has 0 bridgehead atoms. The van der Waals surface area contributed by atoms with E-state index in [4.69, 9.17) is 11.6 Å². The van der Waals surface area contributed by atoms with Gasteiger partial charge in [-0.05, 0) is 49.0 Å². The summed E-state index contributed by atoms with van der Waals surface area (Å²) in [6.45, 7) is 3.19. The Balaban J connectivity index is 1.82. The van der Waals surface area contributed by atoms with Crippen LogP contribution in [-0.4, -0.2) is 18.3 Å². The van der Waals surface area contributed by atoms with Crippen molar-refractivity contribution in [2.24, 2.45) is 0 Å². The molecule has 0 saturated carbocycles. The molecule has 0 aliphatic carbocycles. The SMILES string of the molecule is CCNC(CCc1cccs1)CSc1cccc(Cl)c1. The molecule has 20 heavy (non-hydrogen) atoms. The summed E-state index contributed by atoms with van der Waals surface area (Å²) in [5, 5.41) is 6.55. The second-order valence-electron chi connectivity index (χ2n) is 4.64. The van der Waals surface area contributed by atoms with Gasteiger partial charge < -0.3 is 5.32 Å². The van der Waals surface area contributed by atoms with Gasteiger partial charge in [0.25, 0.3) is 0 Å². The Hall–Kier alpha value is -0.480. The van der Waals surface area contributed by atoms with E-state index in [2.05, 4.69) is 35.8 Å². The fourth-order valence-electron chi connectivity index (χ4n) is 2.06. The van der Waals surface area contributed by atoms with Crippen LogP contribution in [0.1, 0.15) is 18.2 Å². The first kappa shape index (κ1) is 15.9. The van der Waals surface area contributed by atoms with Crippen molar-refractivity contribution in [3.05, 3.63) is 51.7 Å². The number of rotatable bonds is 8. The highest BCUT2D eigenvalue weighted by Crippen LogP contribution is 2.23. The molecule has 108 valence electrons. The smallest absolute Gasteiger partial charge is 0.0417 e. The van der Waals surface area contributed by atoms with Gasteiger partial charge in [0.15, 0.2) is 0 Å². The summed E-state index contributed by atoms with van der Waals surface area (Å²) in [5.74, 6) is 1.08. The third kappa shape index (κ3) is 5.49. The summed E-state index contributed by atoms with van der Waals surface area (Å²) in [5.41, 5.74) is 0. The lowest BCUT2D eigenvalue weighted by Gasteiger charge is -2.17. The van der Waals surface area contributed by atoms with Crippen molar-refractivity contribution in [2.45, 2.75) is 30.7 Å². The highest BCUT2D eigenvalue weighted by atomic mass is 35.5. The van der Waals surface area contributed by atoms with Crippen LogP contribution in [0.15, 0.2) is 46.7 Å². The number of benzene rings is 1. The van der Waals surface area contributed by atoms with E-state index >= 15 is 0 Å². The fraction of sp³-hybridized carbons (Fsp3) is 0.375. The monoisotopic (exact) mass is 325 g/mol. The molecule has 1 N–H and O–H groups in total. The van der Waals surface area contributed by atoms with Crippen molar-refractivity contribution in [1.29, 1.82) is 0 Å². The summed E-state index contributed by atoms with van der Waals surface area (Å²) in [6, 6.07) is 13.0. The first-order chi connectivity index (χ1) is 9.78. The number of hydrogen-bond donors (Lipinski definition) is 1. The Morgan fingerprint density at radius 3 is 2.90 bits per heavy atom. The molecule has 0 spiro atoms. The van der Waals surface area contributed by atoms with Gasteiger partial charge >= 0.3 is 0 Å². The Morgan fingerprint density at radius 1 is 1.30 bits per heavy atom. The summed E-state index contributed by atoms with van der Waals surface area (Å²) < 4.78 is 0. The minimum Gasteiger partial charge on any atom is -0.313 e. The molecule has 0 aliphatic rings. The third-order valence-corrected chi connectivity index (χ3v) is 5.39. The van der Waals surface area contributed by atoms with Crippen LogP contribution >= 0.6 is 34.7 Å². The van der Waals surface area contributed by atoms with Crippen LogP contribution < -0.4 is 5.32 Å². The number of thioether (sulfide) groups is 1. The van der Waals surface area contributed by atoms with Crippen molar-refractivity contribution in [3.63, 3.8) is 0 Å². The van der Waals surface area contributed by atoms with Gasteiger partial charge in [0.05, 0.1) is 0 Å². The maximum absolute atomic E-state index is 6.02. The Morgan fingerprint density at radius 2 is 2.20 bits per heavy atom. The van der Waals surface area contributed by atoms with Crippen LogP contribution in [0.25, 0.3) is 0 Å². The zero-order valence-electron chi connectivity index (χ0n) is 11.6. The van der Waals surface area contributed by atoms with Crippen molar-refractivity contribution < 1.29 is 0 Å². The topological polar surface area (TPSA) is 12.0 Å². The molecule has 2 rings (SSSR count). The molecule has 2 aromatic rings. The van der Waals surface area contributed by atoms with E-state index in [-0.39, 0.29) is 0 Å². The van der Waals surface area contributed by atoms with Gasteiger partial charge in [0.1, 0.15) is 0 Å². The van der Waals surface area contributed by atoms with Crippen molar-refractivity contribution in [3.8, 4) is 0 Å². The van der Waals surface area contributed by atoms with Crippen LogP contribution in [0.4, 0.5) is 0 Å². The van der Waals surface area contributed by atoms with Crippen molar-refractivity contribution >= 4 is 34.7 Å². The second-order valence-corrected chi connectivity index (χ2v) is 7.20. The molecule has 0 fully saturated rings. The predicted molar refractivity (Wildman–Crippen MR) is 92.3 cm³/mol. The molecular formula is C16H20ClNS2. The number of aryl methyl sites for hydroxylation is 1. The highest BCUT2D eigenvalue weighted by molar-refractivity contribution is 7.99. The minimum absolute atomic E-state index is 0.547. The van der Waals surface area contributed by atoms with E-state index in [1.165, 1.54) is 16.2 Å². The maximum atomic E-state index is 6.02. The van der Waals surface area contributed by atoms with Crippen molar-refractivity contribution in [2.75, 3.05) is 12.3 Å². The summed E-state index contributed by atoms with van der Waals surface area (Å²) in [4.78, 5) is 2.72. The Bertz CT molecular complexity index is 499. The predicted octanol–water partition coefficient (Wildman–Crippen LogP) is 5.10. The van der Waals surface area contributed by atoms with E-state index in [0.717, 1.165) is 23.7 Å². The minimum atomic E-state index is 0.547. The largest absolute Gasteiger partial charge is 0.313 e. The van der Waals surface area contributed by atoms with Gasteiger partial charge in [0, 0.05) is 26.6 Å². The third-order valence-electron chi connectivity index (χ3n) is 3.06. The number of hydrogen-bond acceptors (Lipinski definition) is 3. The van der Waals surface area contributed by atoms with E-state index < -0.39 is 0 Å². The molecular weight excluding hydrogens is 306 g/mol. The molecule has 1 atom stereocenters. The van der Waals surface area contributed by atoms with E-state index in [1.807, 2.05) is 41.3 Å². The number of nitrogens with one attached hydrogen (secondary N) is 1.